The van der Waals surface area contributed by atoms with Crippen LogP contribution in [0.25, 0.3) is 0 Å². The summed E-state index contributed by atoms with van der Waals surface area (Å²) in [5.74, 6) is 3.43. The molecule has 1 atom stereocenters. The van der Waals surface area contributed by atoms with Crippen LogP contribution in [-0.4, -0.2) is 52.9 Å². The molecule has 190 valence electrons. The van der Waals surface area contributed by atoms with Gasteiger partial charge in [-0.1, -0.05) is 19.8 Å². The predicted octanol–water partition coefficient (Wildman–Crippen LogP) is 6.14. The van der Waals surface area contributed by atoms with E-state index >= 15 is 0 Å². The van der Waals surface area contributed by atoms with Crippen molar-refractivity contribution in [3.8, 4) is 0 Å². The molecule has 1 amide bonds. The van der Waals surface area contributed by atoms with E-state index in [2.05, 4.69) is 33.8 Å². The van der Waals surface area contributed by atoms with Gasteiger partial charge in [-0.2, -0.15) is 0 Å². The van der Waals surface area contributed by atoms with Crippen molar-refractivity contribution in [3.63, 3.8) is 0 Å². The second-order valence-electron chi connectivity index (χ2n) is 12.0. The third-order valence-corrected chi connectivity index (χ3v) is 9.51. The molecule has 6 rings (SSSR count). The summed E-state index contributed by atoms with van der Waals surface area (Å²) < 4.78 is 0. The number of pyridine rings is 1. The van der Waals surface area contributed by atoms with E-state index in [1.54, 1.807) is 0 Å². The van der Waals surface area contributed by atoms with Gasteiger partial charge in [0, 0.05) is 32.0 Å². The first-order valence-corrected chi connectivity index (χ1v) is 14.1. The molecular formula is C29H46ClN3O. The largest absolute Gasteiger partial charge is 0.341 e. The molecule has 34 heavy (non-hydrogen) atoms. The Morgan fingerprint density at radius 3 is 2.38 bits per heavy atom. The molecule has 2 heterocycles. The highest BCUT2D eigenvalue weighted by atomic mass is 35.5. The van der Waals surface area contributed by atoms with Gasteiger partial charge in [0.15, 0.2) is 0 Å². The van der Waals surface area contributed by atoms with Crippen LogP contribution >= 0.6 is 12.4 Å². The Morgan fingerprint density at radius 1 is 1.06 bits per heavy atom. The van der Waals surface area contributed by atoms with Crippen molar-refractivity contribution in [1.29, 1.82) is 0 Å². The molecule has 0 radical (unpaired) electrons. The second-order valence-corrected chi connectivity index (χ2v) is 12.0. The molecule has 0 aromatic carbocycles. The molecule has 1 saturated heterocycles. The number of nitrogens with zero attached hydrogens (tertiary/aromatic N) is 3. The molecule has 5 fully saturated rings. The fraction of sp³-hybridized carbons (Fsp3) is 0.793. The van der Waals surface area contributed by atoms with Gasteiger partial charge in [-0.25, -0.2) is 0 Å². The minimum atomic E-state index is 0. The van der Waals surface area contributed by atoms with Crippen molar-refractivity contribution >= 4 is 18.3 Å². The number of amides is 1. The van der Waals surface area contributed by atoms with Gasteiger partial charge in [0.05, 0.1) is 6.04 Å². The Morgan fingerprint density at radius 2 is 1.74 bits per heavy atom. The average Bonchev–Trinajstić information content (AvgIpc) is 3.28. The van der Waals surface area contributed by atoms with Crippen LogP contribution in [0.3, 0.4) is 0 Å². The first-order valence-electron chi connectivity index (χ1n) is 14.1. The monoisotopic (exact) mass is 487 g/mol. The molecule has 4 saturated carbocycles. The van der Waals surface area contributed by atoms with Crippen LogP contribution in [-0.2, 0) is 11.2 Å². The molecule has 5 aliphatic rings. The number of unbranched alkanes of at least 4 members (excludes halogenated alkanes) is 2. The molecule has 1 aromatic rings. The van der Waals surface area contributed by atoms with Crippen molar-refractivity contribution in [2.24, 2.45) is 23.2 Å². The number of rotatable bonds is 11. The van der Waals surface area contributed by atoms with E-state index in [1.807, 2.05) is 12.4 Å². The Labute approximate surface area is 213 Å². The van der Waals surface area contributed by atoms with Crippen LogP contribution in [0, 0.1) is 23.2 Å². The molecule has 0 spiro atoms. The Balaban J connectivity index is 0.00000274. The second kappa shape index (κ2) is 11.7. The lowest BCUT2D eigenvalue weighted by Gasteiger charge is -2.57. The number of hydrogen-bond acceptors (Lipinski definition) is 3. The van der Waals surface area contributed by atoms with Crippen LogP contribution in [0.2, 0.25) is 0 Å². The zero-order valence-corrected chi connectivity index (χ0v) is 22.1. The maximum absolute atomic E-state index is 13.9. The highest BCUT2D eigenvalue weighted by molar-refractivity contribution is 5.85. The van der Waals surface area contributed by atoms with E-state index in [0.717, 1.165) is 69.6 Å². The molecule has 4 nitrogen and oxygen atoms in total. The highest BCUT2D eigenvalue weighted by Crippen LogP contribution is 2.61. The molecule has 1 aromatic heterocycles. The fourth-order valence-electron chi connectivity index (χ4n) is 8.26. The molecule has 5 heteroatoms. The van der Waals surface area contributed by atoms with Gasteiger partial charge in [0.25, 0.3) is 0 Å². The van der Waals surface area contributed by atoms with E-state index in [-0.39, 0.29) is 18.4 Å². The van der Waals surface area contributed by atoms with Crippen LogP contribution in [0.1, 0.15) is 89.5 Å². The van der Waals surface area contributed by atoms with Crippen LogP contribution in [0.5, 0.6) is 0 Å². The third kappa shape index (κ3) is 5.98. The van der Waals surface area contributed by atoms with Crippen molar-refractivity contribution in [3.05, 3.63) is 30.1 Å². The predicted molar refractivity (Wildman–Crippen MR) is 141 cm³/mol. The summed E-state index contributed by atoms with van der Waals surface area (Å²) in [6, 6.07) is 4.31. The van der Waals surface area contributed by atoms with Gasteiger partial charge < -0.3 is 4.90 Å². The van der Waals surface area contributed by atoms with Crippen molar-refractivity contribution in [1.82, 2.24) is 14.8 Å². The number of carbonyl (C=O) groups is 1. The molecule has 0 N–H and O–H groups in total. The van der Waals surface area contributed by atoms with Crippen molar-refractivity contribution in [2.75, 3.05) is 26.2 Å². The Hall–Kier alpha value is -1.13. The Kier molecular flexibility index (Phi) is 8.96. The summed E-state index contributed by atoms with van der Waals surface area (Å²) in [6.07, 6.45) is 20.7. The van der Waals surface area contributed by atoms with Crippen LogP contribution < -0.4 is 0 Å². The molecule has 4 bridgehead atoms. The topological polar surface area (TPSA) is 36.4 Å². The summed E-state index contributed by atoms with van der Waals surface area (Å²) in [6.45, 7) is 6.29. The van der Waals surface area contributed by atoms with Crippen molar-refractivity contribution < 1.29 is 4.79 Å². The quantitative estimate of drug-likeness (QED) is 0.352. The van der Waals surface area contributed by atoms with E-state index < -0.39 is 0 Å². The van der Waals surface area contributed by atoms with Crippen LogP contribution in [0.15, 0.2) is 24.5 Å². The van der Waals surface area contributed by atoms with E-state index in [9.17, 15) is 4.79 Å². The number of likely N-dealkylation sites (tertiary alicyclic amines) is 1. The lowest BCUT2D eigenvalue weighted by atomic mass is 9.49. The SMILES string of the molecule is CCCCCN(CCC12CC3CC(CC(C3)C1)C2)C(=O)[C@H]1CCCN1CCc1ccncc1.Cl. The summed E-state index contributed by atoms with van der Waals surface area (Å²) in [5, 5.41) is 0. The lowest BCUT2D eigenvalue weighted by molar-refractivity contribution is -0.137. The third-order valence-electron chi connectivity index (χ3n) is 9.51. The fourth-order valence-corrected chi connectivity index (χ4v) is 8.26. The molecule has 1 aliphatic heterocycles. The van der Waals surface area contributed by atoms with E-state index in [1.165, 1.54) is 63.4 Å². The lowest BCUT2D eigenvalue weighted by Crippen LogP contribution is -2.50. The van der Waals surface area contributed by atoms with Gasteiger partial charge in [0.1, 0.15) is 0 Å². The zero-order valence-electron chi connectivity index (χ0n) is 21.3. The minimum Gasteiger partial charge on any atom is -0.341 e. The standard InChI is InChI=1S/C29H45N3O.ClH/c1-2-3-4-13-32(16-10-29-20-24-17-25(21-29)19-26(18-24)22-29)28(33)27-6-5-14-31(27)15-9-23-7-11-30-12-8-23;/h7-8,11-12,24-27H,2-6,9-10,13-22H2,1H3;1H/t24?,25?,26?,27-,29?;/m1./s1. The zero-order chi connectivity index (χ0) is 22.7. The van der Waals surface area contributed by atoms with Gasteiger partial charge >= 0.3 is 0 Å². The number of carbonyl (C=O) groups excluding carboxylic acids is 1. The van der Waals surface area contributed by atoms with Crippen molar-refractivity contribution in [2.45, 2.75) is 96.4 Å². The normalized spacial score (nSPS) is 32.0. The van der Waals surface area contributed by atoms with E-state index in [4.69, 9.17) is 0 Å². The van der Waals surface area contributed by atoms with E-state index in [0.29, 0.717) is 11.3 Å². The van der Waals surface area contributed by atoms with Crippen LogP contribution in [0.4, 0.5) is 0 Å². The number of aromatic nitrogens is 1. The molecule has 0 unspecified atom stereocenters. The average molecular weight is 488 g/mol. The van der Waals surface area contributed by atoms with Gasteiger partial charge in [-0.05, 0) is 118 Å². The molecule has 4 aliphatic carbocycles. The minimum absolute atomic E-state index is 0. The number of halogens is 1. The summed E-state index contributed by atoms with van der Waals surface area (Å²) in [4.78, 5) is 22.8. The van der Waals surface area contributed by atoms with Gasteiger partial charge in [0.2, 0.25) is 5.91 Å². The number of hydrogen-bond donors (Lipinski definition) is 0. The summed E-state index contributed by atoms with van der Waals surface area (Å²) in [5.41, 5.74) is 1.89. The summed E-state index contributed by atoms with van der Waals surface area (Å²) >= 11 is 0. The Bertz CT molecular complexity index is 750. The summed E-state index contributed by atoms with van der Waals surface area (Å²) in [7, 11) is 0. The van der Waals surface area contributed by atoms with Gasteiger partial charge in [-0.15, -0.1) is 12.4 Å². The smallest absolute Gasteiger partial charge is 0.239 e. The molecular weight excluding hydrogens is 442 g/mol. The van der Waals surface area contributed by atoms with Gasteiger partial charge in [-0.3, -0.25) is 14.7 Å². The maximum atomic E-state index is 13.9. The highest BCUT2D eigenvalue weighted by Gasteiger charge is 2.50. The maximum Gasteiger partial charge on any atom is 0.239 e. The first kappa shape index (κ1) is 25.9. The first-order chi connectivity index (χ1) is 16.1.